The lowest BCUT2D eigenvalue weighted by atomic mass is 10.2. The van der Waals surface area contributed by atoms with Gasteiger partial charge in [-0.3, -0.25) is 0 Å². The summed E-state index contributed by atoms with van der Waals surface area (Å²) in [6.45, 7) is 3.45. The van der Waals surface area contributed by atoms with E-state index in [0.717, 1.165) is 25.1 Å². The van der Waals surface area contributed by atoms with Crippen LogP contribution in [0.25, 0.3) is 5.69 Å². The molecule has 2 rings (SSSR count). The number of aromatic nitrogens is 4. The topological polar surface area (TPSA) is 46.8 Å². The van der Waals surface area contributed by atoms with E-state index in [1.165, 1.54) is 16.8 Å². The highest BCUT2D eigenvalue weighted by Gasteiger charge is 2.30. The lowest BCUT2D eigenvalue weighted by Crippen LogP contribution is -2.16. The second-order valence-electron chi connectivity index (χ2n) is 4.40. The van der Waals surface area contributed by atoms with E-state index in [9.17, 15) is 13.2 Å². The molecule has 5 nitrogen and oxygen atoms in total. The monoisotopic (exact) mass is 411 g/mol. The first-order valence-corrected chi connectivity index (χ1v) is 7.24. The van der Waals surface area contributed by atoms with Crippen LogP contribution in [0.1, 0.15) is 24.7 Å². The molecule has 0 saturated heterocycles. The Labute approximate surface area is 133 Å². The first kappa shape index (κ1) is 16.1. The largest absolute Gasteiger partial charge is 0.416 e. The maximum atomic E-state index is 12.5. The molecule has 114 valence electrons. The van der Waals surface area contributed by atoms with Crippen molar-refractivity contribution in [3.63, 3.8) is 0 Å². The Morgan fingerprint density at radius 2 is 1.90 bits per heavy atom. The number of rotatable bonds is 5. The second kappa shape index (κ2) is 6.69. The average Bonchev–Trinajstić information content (AvgIpc) is 2.86. The molecule has 0 aliphatic carbocycles. The van der Waals surface area contributed by atoms with Gasteiger partial charge in [0.1, 0.15) is 0 Å². The molecule has 0 atom stereocenters. The summed E-state index contributed by atoms with van der Waals surface area (Å²) in [5.41, 5.74) is -0.188. The van der Waals surface area contributed by atoms with Crippen LogP contribution in [0.15, 0.2) is 24.3 Å². The smallest absolute Gasteiger partial charge is 0.240 e. The van der Waals surface area contributed by atoms with E-state index in [1.807, 2.05) is 3.11 Å². The number of benzene rings is 1. The molecule has 2 aromatic rings. The fourth-order valence-corrected chi connectivity index (χ4v) is 2.56. The molecular weight excluding hydrogens is 398 g/mol. The third-order valence-corrected chi connectivity index (χ3v) is 3.58. The van der Waals surface area contributed by atoms with Gasteiger partial charge in [-0.2, -0.15) is 17.9 Å². The summed E-state index contributed by atoms with van der Waals surface area (Å²) < 4.78 is 41.1. The zero-order chi connectivity index (χ0) is 15.5. The van der Waals surface area contributed by atoms with Crippen molar-refractivity contribution >= 4 is 22.9 Å². The molecule has 1 heterocycles. The van der Waals surface area contributed by atoms with E-state index in [4.69, 9.17) is 0 Å². The van der Waals surface area contributed by atoms with Gasteiger partial charge in [0.25, 0.3) is 0 Å². The standard InChI is InChI=1S/C12H13F3IN5/c1-2-7-20(16)8-11-17-18-19-21(11)10-5-3-9(4-6-10)12(13,14)15/h3-6H,2,7-8H2,1H3. The van der Waals surface area contributed by atoms with Crippen LogP contribution in [0.5, 0.6) is 0 Å². The van der Waals surface area contributed by atoms with Gasteiger partial charge >= 0.3 is 6.18 Å². The number of nitrogens with zero attached hydrogens (tertiary/aromatic N) is 5. The molecule has 1 aromatic heterocycles. The molecule has 0 amide bonds. The van der Waals surface area contributed by atoms with Gasteiger partial charge in [0.05, 0.1) is 17.8 Å². The van der Waals surface area contributed by atoms with Gasteiger partial charge in [0.15, 0.2) is 5.82 Å². The number of hydrogen-bond acceptors (Lipinski definition) is 4. The fourth-order valence-electron chi connectivity index (χ4n) is 1.77. The van der Waals surface area contributed by atoms with Crippen LogP contribution in [-0.2, 0) is 12.7 Å². The maximum Gasteiger partial charge on any atom is 0.416 e. The number of halogens is 4. The lowest BCUT2D eigenvalue weighted by molar-refractivity contribution is -0.137. The van der Waals surface area contributed by atoms with Crippen molar-refractivity contribution in [2.24, 2.45) is 0 Å². The summed E-state index contributed by atoms with van der Waals surface area (Å²) in [7, 11) is 0. The molecular formula is C12H13F3IN5. The van der Waals surface area contributed by atoms with Gasteiger partial charge in [-0.1, -0.05) is 6.92 Å². The molecule has 0 aliphatic heterocycles. The van der Waals surface area contributed by atoms with Crippen LogP contribution in [0.4, 0.5) is 13.2 Å². The van der Waals surface area contributed by atoms with Crippen molar-refractivity contribution in [3.8, 4) is 5.69 Å². The second-order valence-corrected chi connectivity index (χ2v) is 5.76. The van der Waals surface area contributed by atoms with Crippen LogP contribution in [0.3, 0.4) is 0 Å². The van der Waals surface area contributed by atoms with Crippen LogP contribution < -0.4 is 0 Å². The summed E-state index contributed by atoms with van der Waals surface area (Å²) in [6.07, 6.45) is -3.35. The highest BCUT2D eigenvalue weighted by Crippen LogP contribution is 2.29. The van der Waals surface area contributed by atoms with Crippen molar-refractivity contribution in [2.45, 2.75) is 26.1 Å². The van der Waals surface area contributed by atoms with Crippen molar-refractivity contribution in [1.29, 1.82) is 0 Å². The summed E-state index contributed by atoms with van der Waals surface area (Å²) in [5.74, 6) is 0.581. The molecule has 0 unspecified atom stereocenters. The van der Waals surface area contributed by atoms with Crippen LogP contribution >= 0.6 is 22.9 Å². The summed E-state index contributed by atoms with van der Waals surface area (Å²) in [4.78, 5) is 0. The van der Waals surface area contributed by atoms with E-state index in [0.29, 0.717) is 18.1 Å². The Balaban J connectivity index is 2.21. The Bertz CT molecular complexity index is 581. The Morgan fingerprint density at radius 1 is 1.24 bits per heavy atom. The van der Waals surface area contributed by atoms with Gasteiger partial charge in [-0.05, 0) is 41.1 Å². The predicted molar refractivity (Wildman–Crippen MR) is 78.9 cm³/mol. The first-order valence-electron chi connectivity index (χ1n) is 6.27. The first-order chi connectivity index (χ1) is 9.91. The molecule has 0 bridgehead atoms. The Morgan fingerprint density at radius 3 is 2.48 bits per heavy atom. The predicted octanol–water partition coefficient (Wildman–Crippen LogP) is 3.24. The third-order valence-electron chi connectivity index (χ3n) is 2.75. The lowest BCUT2D eigenvalue weighted by Gasteiger charge is -2.13. The van der Waals surface area contributed by atoms with Crippen molar-refractivity contribution < 1.29 is 13.2 Å². The highest BCUT2D eigenvalue weighted by atomic mass is 127. The fraction of sp³-hybridized carbons (Fsp3) is 0.417. The zero-order valence-corrected chi connectivity index (χ0v) is 13.3. The molecule has 0 aliphatic rings. The minimum atomic E-state index is -4.35. The quantitative estimate of drug-likeness (QED) is 0.560. The average molecular weight is 411 g/mol. The highest BCUT2D eigenvalue weighted by molar-refractivity contribution is 14.1. The van der Waals surface area contributed by atoms with Crippen LogP contribution in [0, 0.1) is 0 Å². The molecule has 0 N–H and O–H groups in total. The third kappa shape index (κ3) is 4.13. The number of alkyl halides is 3. The van der Waals surface area contributed by atoms with Crippen molar-refractivity contribution in [2.75, 3.05) is 6.54 Å². The Hall–Kier alpha value is -1.23. The zero-order valence-electron chi connectivity index (χ0n) is 11.2. The maximum absolute atomic E-state index is 12.5. The van der Waals surface area contributed by atoms with E-state index in [1.54, 1.807) is 0 Å². The van der Waals surface area contributed by atoms with Gasteiger partial charge in [0.2, 0.25) is 0 Å². The normalized spacial score (nSPS) is 12.1. The van der Waals surface area contributed by atoms with E-state index in [2.05, 4.69) is 45.3 Å². The summed E-state index contributed by atoms with van der Waals surface area (Å²) in [6, 6.07) is 4.77. The van der Waals surface area contributed by atoms with E-state index in [-0.39, 0.29) is 0 Å². The number of hydrogen-bond donors (Lipinski definition) is 0. The van der Waals surface area contributed by atoms with Gasteiger partial charge in [0, 0.05) is 29.4 Å². The molecule has 1 aromatic carbocycles. The van der Waals surface area contributed by atoms with Crippen molar-refractivity contribution in [3.05, 3.63) is 35.7 Å². The Kier molecular flexibility index (Phi) is 5.14. The molecule has 21 heavy (non-hydrogen) atoms. The van der Waals surface area contributed by atoms with Crippen LogP contribution in [0.2, 0.25) is 0 Å². The SMILES string of the molecule is CCCN(I)Cc1nnnn1-c1ccc(C(F)(F)F)cc1. The number of tetrazole rings is 1. The summed E-state index contributed by atoms with van der Waals surface area (Å²) >= 11 is 2.17. The van der Waals surface area contributed by atoms with Gasteiger partial charge in [-0.25, -0.2) is 3.11 Å². The van der Waals surface area contributed by atoms with Gasteiger partial charge in [-0.15, -0.1) is 5.10 Å². The van der Waals surface area contributed by atoms with Crippen LogP contribution in [-0.4, -0.2) is 29.9 Å². The minimum absolute atomic E-state index is 0.504. The van der Waals surface area contributed by atoms with Crippen molar-refractivity contribution in [1.82, 2.24) is 23.3 Å². The minimum Gasteiger partial charge on any atom is -0.240 e. The van der Waals surface area contributed by atoms with E-state index >= 15 is 0 Å². The molecule has 0 saturated carbocycles. The molecule has 0 radical (unpaired) electrons. The molecule has 9 heteroatoms. The van der Waals surface area contributed by atoms with Gasteiger partial charge < -0.3 is 0 Å². The van der Waals surface area contributed by atoms with E-state index < -0.39 is 11.7 Å². The summed E-state index contributed by atoms with van der Waals surface area (Å²) in [5, 5.41) is 11.3. The molecule has 0 fully saturated rings. The molecule has 0 spiro atoms.